The smallest absolute Gasteiger partial charge is 0.190 e. The standard InChI is InChI=1S/C22H32N4O/c1-23-22(25-17-15-19-11-7-8-14-21(19)27-3)24-16-9-10-18-26(2)20-12-5-4-6-13-20/h4-8,11-14H,9-10,15-18H2,1-3H3,(H2,23,24,25). The maximum Gasteiger partial charge on any atom is 0.190 e. The summed E-state index contributed by atoms with van der Waals surface area (Å²) in [5, 5.41) is 6.75. The summed E-state index contributed by atoms with van der Waals surface area (Å²) in [6.07, 6.45) is 3.13. The number of guanidine groups is 1. The first-order valence-electron chi connectivity index (χ1n) is 9.57. The number of rotatable bonds is 10. The Labute approximate surface area is 163 Å². The minimum absolute atomic E-state index is 0.816. The number of para-hydroxylation sites is 2. The van der Waals surface area contributed by atoms with Crippen LogP contribution >= 0.6 is 0 Å². The van der Waals surface area contributed by atoms with Crippen molar-refractivity contribution in [3.05, 3.63) is 60.2 Å². The van der Waals surface area contributed by atoms with Crippen LogP contribution in [-0.4, -0.2) is 46.8 Å². The minimum atomic E-state index is 0.816. The fraction of sp³-hybridized carbons (Fsp3) is 0.409. The lowest BCUT2D eigenvalue weighted by Gasteiger charge is -2.19. The molecule has 0 aliphatic heterocycles. The number of aliphatic imine (C=N–C) groups is 1. The molecule has 0 aromatic heterocycles. The van der Waals surface area contributed by atoms with Crippen LogP contribution in [0.1, 0.15) is 18.4 Å². The molecule has 0 aliphatic carbocycles. The monoisotopic (exact) mass is 368 g/mol. The molecule has 0 atom stereocenters. The Balaban J connectivity index is 1.61. The molecule has 0 amide bonds. The van der Waals surface area contributed by atoms with Gasteiger partial charge in [0.2, 0.25) is 0 Å². The molecule has 0 aliphatic rings. The number of hydrogen-bond acceptors (Lipinski definition) is 3. The van der Waals surface area contributed by atoms with E-state index >= 15 is 0 Å². The van der Waals surface area contributed by atoms with Crippen LogP contribution in [0.25, 0.3) is 0 Å². The molecule has 0 unspecified atom stereocenters. The van der Waals surface area contributed by atoms with Gasteiger partial charge in [-0.3, -0.25) is 4.99 Å². The van der Waals surface area contributed by atoms with Crippen LogP contribution in [-0.2, 0) is 6.42 Å². The van der Waals surface area contributed by atoms with Gasteiger partial charge in [-0.1, -0.05) is 36.4 Å². The molecule has 27 heavy (non-hydrogen) atoms. The van der Waals surface area contributed by atoms with Crippen LogP contribution < -0.4 is 20.3 Å². The summed E-state index contributed by atoms with van der Waals surface area (Å²) >= 11 is 0. The topological polar surface area (TPSA) is 48.9 Å². The summed E-state index contributed by atoms with van der Waals surface area (Å²) in [6, 6.07) is 18.6. The second-order valence-electron chi connectivity index (χ2n) is 6.45. The van der Waals surface area contributed by atoms with Crippen molar-refractivity contribution in [2.45, 2.75) is 19.3 Å². The van der Waals surface area contributed by atoms with Crippen molar-refractivity contribution in [2.24, 2.45) is 4.99 Å². The zero-order valence-corrected chi connectivity index (χ0v) is 16.7. The molecule has 2 rings (SSSR count). The summed E-state index contributed by atoms with van der Waals surface area (Å²) < 4.78 is 5.39. The van der Waals surface area contributed by atoms with Crippen molar-refractivity contribution < 1.29 is 4.74 Å². The molecule has 0 fully saturated rings. The van der Waals surface area contributed by atoms with E-state index < -0.39 is 0 Å². The number of methoxy groups -OCH3 is 1. The molecular weight excluding hydrogens is 336 g/mol. The summed E-state index contributed by atoms with van der Waals surface area (Å²) in [5.74, 6) is 1.78. The fourth-order valence-electron chi connectivity index (χ4n) is 2.94. The Bertz CT molecular complexity index is 688. The van der Waals surface area contributed by atoms with Gasteiger partial charge in [0, 0.05) is 39.4 Å². The van der Waals surface area contributed by atoms with Crippen LogP contribution in [0.15, 0.2) is 59.6 Å². The first-order valence-corrected chi connectivity index (χ1v) is 9.57. The summed E-state index contributed by atoms with van der Waals surface area (Å²) in [4.78, 5) is 6.59. The van der Waals surface area contributed by atoms with Gasteiger partial charge >= 0.3 is 0 Å². The van der Waals surface area contributed by atoms with Crippen LogP contribution in [0.4, 0.5) is 5.69 Å². The lowest BCUT2D eigenvalue weighted by Crippen LogP contribution is -2.38. The summed E-state index contributed by atoms with van der Waals surface area (Å²) in [6.45, 7) is 2.78. The molecule has 5 heteroatoms. The van der Waals surface area contributed by atoms with E-state index in [0.717, 1.165) is 50.6 Å². The largest absolute Gasteiger partial charge is 0.496 e. The minimum Gasteiger partial charge on any atom is -0.496 e. The van der Waals surface area contributed by atoms with Crippen LogP contribution in [0.3, 0.4) is 0 Å². The fourth-order valence-corrected chi connectivity index (χ4v) is 2.94. The molecule has 5 nitrogen and oxygen atoms in total. The van der Waals surface area contributed by atoms with Crippen molar-refractivity contribution >= 4 is 11.6 Å². The highest BCUT2D eigenvalue weighted by molar-refractivity contribution is 5.79. The third-order valence-corrected chi connectivity index (χ3v) is 4.51. The average Bonchev–Trinajstić information content (AvgIpc) is 2.73. The second-order valence-corrected chi connectivity index (χ2v) is 6.45. The Morgan fingerprint density at radius 2 is 1.67 bits per heavy atom. The van der Waals surface area contributed by atoms with E-state index in [1.54, 1.807) is 7.11 Å². The molecule has 2 N–H and O–H groups in total. The maximum atomic E-state index is 5.39. The van der Waals surface area contributed by atoms with E-state index in [4.69, 9.17) is 4.74 Å². The molecule has 0 spiro atoms. The van der Waals surface area contributed by atoms with E-state index in [1.807, 2.05) is 31.3 Å². The number of benzene rings is 2. The third-order valence-electron chi connectivity index (χ3n) is 4.51. The lowest BCUT2D eigenvalue weighted by molar-refractivity contribution is 0.409. The highest BCUT2D eigenvalue weighted by atomic mass is 16.5. The van der Waals surface area contributed by atoms with Gasteiger partial charge in [-0.15, -0.1) is 0 Å². The van der Waals surface area contributed by atoms with E-state index in [-0.39, 0.29) is 0 Å². The van der Waals surface area contributed by atoms with E-state index in [9.17, 15) is 0 Å². The quantitative estimate of drug-likeness (QED) is 0.384. The van der Waals surface area contributed by atoms with Crippen molar-refractivity contribution in [1.82, 2.24) is 10.6 Å². The number of nitrogens with one attached hydrogen (secondary N) is 2. The molecule has 146 valence electrons. The number of unbranched alkanes of at least 4 members (excludes halogenated alkanes) is 1. The van der Waals surface area contributed by atoms with Gasteiger partial charge < -0.3 is 20.3 Å². The van der Waals surface area contributed by atoms with Crippen molar-refractivity contribution in [3.63, 3.8) is 0 Å². The highest BCUT2D eigenvalue weighted by Gasteiger charge is 2.03. The van der Waals surface area contributed by atoms with Gasteiger partial charge in [0.15, 0.2) is 5.96 Å². The van der Waals surface area contributed by atoms with Gasteiger partial charge in [0.05, 0.1) is 7.11 Å². The first-order chi connectivity index (χ1) is 13.2. The van der Waals surface area contributed by atoms with Gasteiger partial charge in [-0.2, -0.15) is 0 Å². The molecule has 0 saturated carbocycles. The zero-order chi connectivity index (χ0) is 19.3. The summed E-state index contributed by atoms with van der Waals surface area (Å²) in [7, 11) is 5.66. The number of hydrogen-bond donors (Lipinski definition) is 2. The number of ether oxygens (including phenoxy) is 1. The molecule has 2 aromatic carbocycles. The number of nitrogens with zero attached hydrogens (tertiary/aromatic N) is 2. The first kappa shape index (κ1) is 20.6. The Kier molecular flexibility index (Phi) is 9.04. The molecule has 0 saturated heterocycles. The van der Waals surface area contributed by atoms with Gasteiger partial charge in [0.1, 0.15) is 5.75 Å². The second kappa shape index (κ2) is 11.8. The van der Waals surface area contributed by atoms with Crippen LogP contribution in [0.2, 0.25) is 0 Å². The summed E-state index contributed by atoms with van der Waals surface area (Å²) in [5.41, 5.74) is 2.46. The zero-order valence-electron chi connectivity index (χ0n) is 16.7. The molecule has 2 aromatic rings. The Morgan fingerprint density at radius 3 is 2.41 bits per heavy atom. The third kappa shape index (κ3) is 7.21. The molecule has 0 heterocycles. The predicted molar refractivity (Wildman–Crippen MR) is 115 cm³/mol. The van der Waals surface area contributed by atoms with E-state index in [2.05, 4.69) is 57.9 Å². The van der Waals surface area contributed by atoms with Crippen LogP contribution in [0.5, 0.6) is 5.75 Å². The van der Waals surface area contributed by atoms with E-state index in [0.29, 0.717) is 0 Å². The number of anilines is 1. The van der Waals surface area contributed by atoms with Gasteiger partial charge in [-0.05, 0) is 43.0 Å². The van der Waals surface area contributed by atoms with E-state index in [1.165, 1.54) is 11.3 Å². The normalized spacial score (nSPS) is 11.1. The van der Waals surface area contributed by atoms with Crippen molar-refractivity contribution in [2.75, 3.05) is 45.7 Å². The SMILES string of the molecule is CN=C(NCCCCN(C)c1ccccc1)NCCc1ccccc1OC. The van der Waals surface area contributed by atoms with Crippen LogP contribution in [0, 0.1) is 0 Å². The van der Waals surface area contributed by atoms with Gasteiger partial charge in [0.25, 0.3) is 0 Å². The highest BCUT2D eigenvalue weighted by Crippen LogP contribution is 2.17. The predicted octanol–water partition coefficient (Wildman–Crippen LogP) is 3.32. The Morgan fingerprint density at radius 1 is 0.963 bits per heavy atom. The molecule has 0 radical (unpaired) electrons. The lowest BCUT2D eigenvalue weighted by atomic mass is 10.1. The van der Waals surface area contributed by atoms with Crippen molar-refractivity contribution in [3.8, 4) is 5.75 Å². The molecular formula is C22H32N4O. The molecule has 0 bridgehead atoms. The average molecular weight is 369 g/mol. The maximum absolute atomic E-state index is 5.39. The van der Waals surface area contributed by atoms with Gasteiger partial charge in [-0.25, -0.2) is 0 Å². The Hall–Kier alpha value is -2.69. The van der Waals surface area contributed by atoms with Crippen molar-refractivity contribution in [1.29, 1.82) is 0 Å².